The number of piperidine rings is 1. The monoisotopic (exact) mass is 261 g/mol. The van der Waals surface area contributed by atoms with Crippen LogP contribution in [0.4, 0.5) is 0 Å². The highest BCUT2D eigenvalue weighted by atomic mass is 16.5. The van der Waals surface area contributed by atoms with E-state index in [4.69, 9.17) is 4.74 Å². The molecule has 4 nitrogen and oxygen atoms in total. The van der Waals surface area contributed by atoms with E-state index in [9.17, 15) is 9.90 Å². The van der Waals surface area contributed by atoms with E-state index in [0.29, 0.717) is 25.3 Å². The zero-order chi connectivity index (χ0) is 13.4. The third kappa shape index (κ3) is 2.38. The highest BCUT2D eigenvalue weighted by Crippen LogP contribution is 2.23. The summed E-state index contributed by atoms with van der Waals surface area (Å²) in [7, 11) is 0. The zero-order valence-corrected chi connectivity index (χ0v) is 11.1. The predicted octanol–water partition coefficient (Wildman–Crippen LogP) is 1.56. The first-order chi connectivity index (χ1) is 9.15. The van der Waals surface area contributed by atoms with Gasteiger partial charge >= 0.3 is 0 Å². The Hall–Kier alpha value is -1.39. The number of rotatable bonds is 1. The van der Waals surface area contributed by atoms with Gasteiger partial charge in [0.25, 0.3) is 5.91 Å². The van der Waals surface area contributed by atoms with Crippen LogP contribution in [-0.4, -0.2) is 35.1 Å². The van der Waals surface area contributed by atoms with Gasteiger partial charge < -0.3 is 14.7 Å². The van der Waals surface area contributed by atoms with Gasteiger partial charge in [0.15, 0.2) is 0 Å². The van der Waals surface area contributed by atoms with Crippen LogP contribution in [0, 0.1) is 5.92 Å². The number of hydrogen-bond donors (Lipinski definition) is 1. The van der Waals surface area contributed by atoms with E-state index < -0.39 is 6.10 Å². The van der Waals surface area contributed by atoms with Gasteiger partial charge in [-0.1, -0.05) is 13.0 Å². The molecule has 0 saturated carbocycles. The molecule has 0 bridgehead atoms. The summed E-state index contributed by atoms with van der Waals surface area (Å²) >= 11 is 0. The molecule has 0 radical (unpaired) electrons. The van der Waals surface area contributed by atoms with E-state index in [1.165, 1.54) is 5.56 Å². The number of benzene rings is 1. The van der Waals surface area contributed by atoms with Gasteiger partial charge in [-0.3, -0.25) is 4.79 Å². The Labute approximate surface area is 113 Å². The number of aliphatic hydroxyl groups excluding tert-OH is 1. The molecule has 1 aromatic carbocycles. The summed E-state index contributed by atoms with van der Waals surface area (Å²) in [4.78, 5) is 14.2. The van der Waals surface area contributed by atoms with Gasteiger partial charge in [-0.2, -0.15) is 0 Å². The van der Waals surface area contributed by atoms with E-state index in [2.05, 4.69) is 0 Å². The Morgan fingerprint density at radius 1 is 1.37 bits per heavy atom. The van der Waals surface area contributed by atoms with Gasteiger partial charge in [-0.05, 0) is 35.6 Å². The topological polar surface area (TPSA) is 49.8 Å². The van der Waals surface area contributed by atoms with Crippen molar-refractivity contribution < 1.29 is 14.6 Å². The number of ether oxygens (including phenoxy) is 1. The van der Waals surface area contributed by atoms with Gasteiger partial charge in [0.2, 0.25) is 0 Å². The van der Waals surface area contributed by atoms with E-state index in [1.54, 1.807) is 4.90 Å². The third-order valence-corrected chi connectivity index (χ3v) is 4.17. The Morgan fingerprint density at radius 2 is 2.16 bits per heavy atom. The van der Waals surface area contributed by atoms with Crippen LogP contribution >= 0.6 is 0 Å². The fraction of sp³-hybridized carbons (Fsp3) is 0.533. The molecule has 2 heterocycles. The lowest BCUT2D eigenvalue weighted by molar-refractivity contribution is 0.0248. The maximum Gasteiger partial charge on any atom is 0.253 e. The Balaban J connectivity index is 1.77. The molecule has 4 heteroatoms. The molecule has 1 saturated heterocycles. The maximum atomic E-state index is 12.4. The first-order valence-electron chi connectivity index (χ1n) is 6.82. The molecule has 102 valence electrons. The molecule has 0 spiro atoms. The van der Waals surface area contributed by atoms with Gasteiger partial charge in [0.05, 0.1) is 19.3 Å². The van der Waals surface area contributed by atoms with Gasteiger partial charge in [-0.15, -0.1) is 0 Å². The van der Waals surface area contributed by atoms with Crippen LogP contribution in [0.1, 0.15) is 34.8 Å². The van der Waals surface area contributed by atoms with Crippen LogP contribution in [0.25, 0.3) is 0 Å². The van der Waals surface area contributed by atoms with Crippen molar-refractivity contribution in [2.45, 2.75) is 32.7 Å². The van der Waals surface area contributed by atoms with Crippen LogP contribution < -0.4 is 0 Å². The number of carbonyl (C=O) groups is 1. The van der Waals surface area contributed by atoms with Crippen molar-refractivity contribution in [1.29, 1.82) is 0 Å². The van der Waals surface area contributed by atoms with Gasteiger partial charge in [0, 0.05) is 18.7 Å². The maximum absolute atomic E-state index is 12.4. The van der Waals surface area contributed by atoms with Crippen LogP contribution in [0.3, 0.4) is 0 Å². The van der Waals surface area contributed by atoms with Crippen molar-refractivity contribution in [2.75, 3.05) is 13.1 Å². The SMILES string of the molecule is CC1CCN(C(=O)c2ccc3c(c2)COC3)CC1O. The lowest BCUT2D eigenvalue weighted by Gasteiger charge is -2.34. The number of nitrogens with zero attached hydrogens (tertiary/aromatic N) is 1. The van der Waals surface area contributed by atoms with Gasteiger partial charge in [0.1, 0.15) is 0 Å². The Bertz CT molecular complexity index is 500. The number of amides is 1. The standard InChI is InChI=1S/C15H19NO3/c1-10-4-5-16(7-14(10)17)15(18)11-2-3-12-8-19-9-13(12)6-11/h2-3,6,10,14,17H,4-5,7-9H2,1H3. The molecular formula is C15H19NO3. The van der Waals surface area contributed by atoms with Crippen molar-refractivity contribution in [3.05, 3.63) is 34.9 Å². The molecule has 2 aliphatic rings. The number of aliphatic hydroxyl groups is 1. The van der Waals surface area contributed by atoms with Crippen LogP contribution in [-0.2, 0) is 18.0 Å². The summed E-state index contributed by atoms with van der Waals surface area (Å²) in [5.74, 6) is 0.290. The minimum atomic E-state index is -0.407. The molecule has 2 unspecified atom stereocenters. The molecule has 2 atom stereocenters. The van der Waals surface area contributed by atoms with Crippen LogP contribution in [0.5, 0.6) is 0 Å². The lowest BCUT2D eigenvalue weighted by Crippen LogP contribution is -2.45. The van der Waals surface area contributed by atoms with Gasteiger partial charge in [-0.25, -0.2) is 0 Å². The molecule has 1 N–H and O–H groups in total. The Morgan fingerprint density at radius 3 is 2.95 bits per heavy atom. The smallest absolute Gasteiger partial charge is 0.253 e. The van der Waals surface area contributed by atoms with E-state index in [0.717, 1.165) is 18.5 Å². The fourth-order valence-corrected chi connectivity index (χ4v) is 2.72. The van der Waals surface area contributed by atoms with Crippen molar-refractivity contribution in [3.63, 3.8) is 0 Å². The molecule has 1 fully saturated rings. The molecule has 2 aliphatic heterocycles. The highest BCUT2D eigenvalue weighted by Gasteiger charge is 2.28. The summed E-state index contributed by atoms with van der Waals surface area (Å²) in [5.41, 5.74) is 2.98. The second kappa shape index (κ2) is 4.94. The number of likely N-dealkylation sites (tertiary alicyclic amines) is 1. The molecule has 1 aromatic rings. The van der Waals surface area contributed by atoms with E-state index >= 15 is 0 Å². The van der Waals surface area contributed by atoms with Crippen LogP contribution in [0.2, 0.25) is 0 Å². The minimum absolute atomic E-state index is 0.0145. The Kier molecular flexibility index (Phi) is 3.29. The third-order valence-electron chi connectivity index (χ3n) is 4.17. The quantitative estimate of drug-likeness (QED) is 0.834. The molecule has 1 amide bonds. The average Bonchev–Trinajstić information content (AvgIpc) is 2.88. The minimum Gasteiger partial charge on any atom is -0.391 e. The summed E-state index contributed by atoms with van der Waals surface area (Å²) in [6.45, 7) is 4.43. The number of carbonyl (C=O) groups excluding carboxylic acids is 1. The van der Waals surface area contributed by atoms with E-state index in [1.807, 2.05) is 25.1 Å². The van der Waals surface area contributed by atoms with Crippen LogP contribution in [0.15, 0.2) is 18.2 Å². The normalized spacial score (nSPS) is 26.3. The highest BCUT2D eigenvalue weighted by molar-refractivity contribution is 5.94. The number of hydrogen-bond acceptors (Lipinski definition) is 3. The number of β-amino-alcohol motifs (C(OH)–C–C–N with tert-alkyl or cyclic N) is 1. The zero-order valence-electron chi connectivity index (χ0n) is 11.1. The summed E-state index contributed by atoms with van der Waals surface area (Å²) in [5, 5.41) is 9.88. The summed E-state index contributed by atoms with van der Waals surface area (Å²) < 4.78 is 5.36. The first kappa shape index (κ1) is 12.6. The average molecular weight is 261 g/mol. The fourth-order valence-electron chi connectivity index (χ4n) is 2.72. The van der Waals surface area contributed by atoms with E-state index in [-0.39, 0.29) is 11.8 Å². The lowest BCUT2D eigenvalue weighted by atomic mass is 9.95. The predicted molar refractivity (Wildman–Crippen MR) is 70.6 cm³/mol. The largest absolute Gasteiger partial charge is 0.391 e. The molecule has 0 aromatic heterocycles. The summed E-state index contributed by atoms with van der Waals surface area (Å²) in [6.07, 6.45) is 0.455. The molecular weight excluding hydrogens is 242 g/mol. The second-order valence-corrected chi connectivity index (χ2v) is 5.56. The van der Waals surface area contributed by atoms with Crippen molar-refractivity contribution >= 4 is 5.91 Å². The van der Waals surface area contributed by atoms with Crippen molar-refractivity contribution in [2.24, 2.45) is 5.92 Å². The van der Waals surface area contributed by atoms with Crippen molar-refractivity contribution in [1.82, 2.24) is 4.90 Å². The number of fused-ring (bicyclic) bond motifs is 1. The first-order valence-corrected chi connectivity index (χ1v) is 6.82. The molecule has 19 heavy (non-hydrogen) atoms. The second-order valence-electron chi connectivity index (χ2n) is 5.56. The molecule has 3 rings (SSSR count). The summed E-state index contributed by atoms with van der Waals surface area (Å²) in [6, 6.07) is 5.76. The van der Waals surface area contributed by atoms with Crippen molar-refractivity contribution in [3.8, 4) is 0 Å². The molecule has 0 aliphatic carbocycles.